The molecule has 0 spiro atoms. The van der Waals surface area contributed by atoms with E-state index in [1.807, 2.05) is 5.43 Å². The van der Waals surface area contributed by atoms with Crippen LogP contribution in [0.4, 0.5) is 5.69 Å². The van der Waals surface area contributed by atoms with Gasteiger partial charge in [0.2, 0.25) is 5.91 Å². The van der Waals surface area contributed by atoms with Crippen LogP contribution in [0.3, 0.4) is 0 Å². The number of hydrogen-bond acceptors (Lipinski definition) is 5. The normalized spacial score (nSPS) is 9.76. The van der Waals surface area contributed by atoms with Gasteiger partial charge in [0.25, 0.3) is 5.69 Å². The number of carbonyl (C=O) groups is 1. The smallest absolute Gasteiger partial charge is 0.287 e. The summed E-state index contributed by atoms with van der Waals surface area (Å²) in [5.74, 6) is 4.83. The molecule has 0 saturated heterocycles. The van der Waals surface area contributed by atoms with Gasteiger partial charge in [-0.25, -0.2) is 5.84 Å². The van der Waals surface area contributed by atoms with Crippen molar-refractivity contribution in [2.75, 3.05) is 6.61 Å². The number of nitro benzene ring substituents is 1. The number of nitrogens with two attached hydrogens (primary N) is 1. The Morgan fingerprint density at radius 1 is 1.59 bits per heavy atom. The van der Waals surface area contributed by atoms with Crippen LogP contribution in [0.25, 0.3) is 0 Å². The molecule has 0 aromatic heterocycles. The first-order valence-electron chi connectivity index (χ1n) is 4.61. The molecule has 1 amide bonds. The molecule has 1 rings (SSSR count). The number of carbonyl (C=O) groups excluding carboxylic acids is 1. The van der Waals surface area contributed by atoms with E-state index in [1.54, 1.807) is 6.07 Å². The standard InChI is InChI=1S/C9H10BrN3O4/c10-9-6(13(15)16)2-1-3-7(9)17-5-4-8(14)12-11/h1-3H,4-5,11H2,(H,12,14). The molecule has 17 heavy (non-hydrogen) atoms. The van der Waals surface area contributed by atoms with Crippen LogP contribution >= 0.6 is 15.9 Å². The van der Waals surface area contributed by atoms with E-state index in [0.29, 0.717) is 5.75 Å². The van der Waals surface area contributed by atoms with Crippen molar-refractivity contribution in [1.82, 2.24) is 5.43 Å². The van der Waals surface area contributed by atoms with Crippen LogP contribution in [0.5, 0.6) is 5.75 Å². The van der Waals surface area contributed by atoms with Crippen molar-refractivity contribution in [3.63, 3.8) is 0 Å². The Labute approximate surface area is 105 Å². The third kappa shape index (κ3) is 3.68. The fourth-order valence-corrected chi connectivity index (χ4v) is 1.60. The van der Waals surface area contributed by atoms with Crippen molar-refractivity contribution in [2.24, 2.45) is 5.84 Å². The van der Waals surface area contributed by atoms with Crippen molar-refractivity contribution < 1.29 is 14.5 Å². The highest BCUT2D eigenvalue weighted by atomic mass is 79.9. The topological polar surface area (TPSA) is 107 Å². The highest BCUT2D eigenvalue weighted by Gasteiger charge is 2.15. The van der Waals surface area contributed by atoms with E-state index in [-0.39, 0.29) is 29.1 Å². The van der Waals surface area contributed by atoms with Gasteiger partial charge < -0.3 is 4.74 Å². The number of nitro groups is 1. The number of halogens is 1. The molecule has 3 N–H and O–H groups in total. The lowest BCUT2D eigenvalue weighted by molar-refractivity contribution is -0.385. The maximum absolute atomic E-state index is 10.8. The Bertz CT molecular complexity index is 438. The lowest BCUT2D eigenvalue weighted by Crippen LogP contribution is -2.31. The SMILES string of the molecule is NNC(=O)CCOc1cccc([N+](=O)[O-])c1Br. The number of nitrogens with zero attached hydrogens (tertiary/aromatic N) is 1. The molecule has 0 bridgehead atoms. The Kier molecular flexibility index (Phi) is 4.85. The van der Waals surface area contributed by atoms with Crippen LogP contribution in [0.2, 0.25) is 0 Å². The summed E-state index contributed by atoms with van der Waals surface area (Å²) in [6.45, 7) is 0.0861. The second-order valence-corrected chi connectivity index (χ2v) is 3.81. The molecular weight excluding hydrogens is 294 g/mol. The Morgan fingerprint density at radius 3 is 2.88 bits per heavy atom. The fourth-order valence-electron chi connectivity index (χ4n) is 1.08. The van der Waals surface area contributed by atoms with Gasteiger partial charge in [0, 0.05) is 6.07 Å². The monoisotopic (exact) mass is 303 g/mol. The van der Waals surface area contributed by atoms with Crippen molar-refractivity contribution in [1.29, 1.82) is 0 Å². The first-order valence-corrected chi connectivity index (χ1v) is 5.40. The molecular formula is C9H10BrN3O4. The zero-order valence-electron chi connectivity index (χ0n) is 8.68. The van der Waals surface area contributed by atoms with Crippen molar-refractivity contribution in [2.45, 2.75) is 6.42 Å². The average Bonchev–Trinajstić information content (AvgIpc) is 2.30. The highest BCUT2D eigenvalue weighted by Crippen LogP contribution is 2.33. The van der Waals surface area contributed by atoms with E-state index in [9.17, 15) is 14.9 Å². The van der Waals surface area contributed by atoms with Gasteiger partial charge in [0.1, 0.15) is 10.2 Å². The van der Waals surface area contributed by atoms with Gasteiger partial charge in [-0.3, -0.25) is 20.3 Å². The van der Waals surface area contributed by atoms with Gasteiger partial charge in [-0.05, 0) is 22.0 Å². The quantitative estimate of drug-likeness (QED) is 0.367. The molecule has 92 valence electrons. The zero-order valence-corrected chi connectivity index (χ0v) is 10.3. The number of nitrogens with one attached hydrogen (secondary N) is 1. The van der Waals surface area contributed by atoms with Crippen LogP contribution in [-0.4, -0.2) is 17.4 Å². The predicted molar refractivity (Wildman–Crippen MR) is 63.2 cm³/mol. The summed E-state index contributed by atoms with van der Waals surface area (Å²) in [5, 5.41) is 10.6. The van der Waals surface area contributed by atoms with Crippen LogP contribution in [0.1, 0.15) is 6.42 Å². The minimum atomic E-state index is -0.524. The summed E-state index contributed by atoms with van der Waals surface area (Å²) in [4.78, 5) is 20.9. The number of hydrogen-bond donors (Lipinski definition) is 2. The van der Waals surface area contributed by atoms with Crippen LogP contribution in [0.15, 0.2) is 22.7 Å². The third-order valence-electron chi connectivity index (χ3n) is 1.89. The summed E-state index contributed by atoms with van der Waals surface area (Å²) in [5.41, 5.74) is 1.86. The maximum Gasteiger partial charge on any atom is 0.287 e. The first-order chi connectivity index (χ1) is 8.06. The third-order valence-corrected chi connectivity index (χ3v) is 2.68. The molecule has 0 saturated carbocycles. The van der Waals surface area contributed by atoms with E-state index < -0.39 is 4.92 Å². The van der Waals surface area contributed by atoms with Crippen molar-refractivity contribution >= 4 is 27.5 Å². The predicted octanol–water partition coefficient (Wildman–Crippen LogP) is 1.12. The minimum Gasteiger partial charge on any atom is -0.492 e. The zero-order chi connectivity index (χ0) is 12.8. The molecule has 1 aromatic rings. The summed E-state index contributed by atoms with van der Waals surface area (Å²) >= 11 is 3.07. The number of rotatable bonds is 5. The summed E-state index contributed by atoms with van der Waals surface area (Å²) in [6.07, 6.45) is 0.0750. The van der Waals surface area contributed by atoms with Gasteiger partial charge in [-0.15, -0.1) is 0 Å². The number of amides is 1. The van der Waals surface area contributed by atoms with E-state index >= 15 is 0 Å². The molecule has 0 fully saturated rings. The summed E-state index contributed by atoms with van der Waals surface area (Å²) in [7, 11) is 0. The molecule has 0 aliphatic rings. The van der Waals surface area contributed by atoms with Crippen LogP contribution < -0.4 is 16.0 Å². The Hall–Kier alpha value is -1.67. The molecule has 0 aliphatic carbocycles. The highest BCUT2D eigenvalue weighted by molar-refractivity contribution is 9.10. The first kappa shape index (κ1) is 13.4. The van der Waals surface area contributed by atoms with Gasteiger partial charge in [0.05, 0.1) is 18.0 Å². The van der Waals surface area contributed by atoms with Gasteiger partial charge in [0.15, 0.2) is 0 Å². The van der Waals surface area contributed by atoms with E-state index in [0.717, 1.165) is 0 Å². The molecule has 0 atom stereocenters. The minimum absolute atomic E-state index is 0.0750. The molecule has 0 radical (unpaired) electrons. The lowest BCUT2D eigenvalue weighted by Gasteiger charge is -2.07. The maximum atomic E-state index is 10.8. The van der Waals surface area contributed by atoms with Crippen LogP contribution in [0, 0.1) is 10.1 Å². The van der Waals surface area contributed by atoms with E-state index in [2.05, 4.69) is 15.9 Å². The Balaban J connectivity index is 2.69. The Morgan fingerprint density at radius 2 is 2.29 bits per heavy atom. The lowest BCUT2D eigenvalue weighted by atomic mass is 10.3. The van der Waals surface area contributed by atoms with E-state index in [4.69, 9.17) is 10.6 Å². The second kappa shape index (κ2) is 6.16. The van der Waals surface area contributed by atoms with E-state index in [1.165, 1.54) is 12.1 Å². The number of ether oxygens (including phenoxy) is 1. The molecule has 7 nitrogen and oxygen atoms in total. The average molecular weight is 304 g/mol. The fraction of sp³-hybridized carbons (Fsp3) is 0.222. The molecule has 1 aromatic carbocycles. The summed E-state index contributed by atoms with van der Waals surface area (Å²) < 4.78 is 5.48. The van der Waals surface area contributed by atoms with Gasteiger partial charge in [-0.2, -0.15) is 0 Å². The summed E-state index contributed by atoms with van der Waals surface area (Å²) in [6, 6.07) is 4.42. The largest absolute Gasteiger partial charge is 0.492 e. The number of benzene rings is 1. The molecule has 0 aliphatic heterocycles. The molecule has 8 heteroatoms. The second-order valence-electron chi connectivity index (χ2n) is 3.01. The molecule has 0 unspecified atom stereocenters. The van der Waals surface area contributed by atoms with Crippen molar-refractivity contribution in [3.8, 4) is 5.75 Å². The van der Waals surface area contributed by atoms with Gasteiger partial charge >= 0.3 is 0 Å². The van der Waals surface area contributed by atoms with Crippen molar-refractivity contribution in [3.05, 3.63) is 32.8 Å². The van der Waals surface area contributed by atoms with Crippen LogP contribution in [-0.2, 0) is 4.79 Å². The van der Waals surface area contributed by atoms with Gasteiger partial charge in [-0.1, -0.05) is 6.07 Å². The molecule has 0 heterocycles. The number of hydrazine groups is 1.